The van der Waals surface area contributed by atoms with Gasteiger partial charge in [0, 0.05) is 12.6 Å². The van der Waals surface area contributed by atoms with Crippen molar-refractivity contribution in [1.82, 2.24) is 4.90 Å². The van der Waals surface area contributed by atoms with E-state index in [9.17, 15) is 4.79 Å². The Balaban J connectivity index is 1.85. The second-order valence-electron chi connectivity index (χ2n) is 5.61. The minimum absolute atomic E-state index is 0.162. The Morgan fingerprint density at radius 2 is 1.67 bits per heavy atom. The van der Waals surface area contributed by atoms with E-state index in [0.29, 0.717) is 6.04 Å². The van der Waals surface area contributed by atoms with Crippen LogP contribution in [0.2, 0.25) is 0 Å². The van der Waals surface area contributed by atoms with Crippen LogP contribution in [0.4, 0.5) is 0 Å². The molecule has 0 radical (unpaired) electrons. The number of nitrogens with zero attached hydrogens (tertiary/aromatic N) is 1. The highest BCUT2D eigenvalue weighted by Crippen LogP contribution is 2.47. The lowest BCUT2D eigenvalue weighted by Crippen LogP contribution is -2.42. The van der Waals surface area contributed by atoms with Gasteiger partial charge in [0.2, 0.25) is 5.91 Å². The molecule has 0 spiro atoms. The molecule has 4 bridgehead atoms. The zero-order chi connectivity index (χ0) is 10.4. The first kappa shape index (κ1) is 9.95. The van der Waals surface area contributed by atoms with E-state index in [4.69, 9.17) is 11.6 Å². The first-order valence-corrected chi connectivity index (χ1v) is 6.65. The van der Waals surface area contributed by atoms with Crippen molar-refractivity contribution in [2.45, 2.75) is 38.1 Å². The Kier molecular flexibility index (Phi) is 2.42. The van der Waals surface area contributed by atoms with Crippen LogP contribution in [0.15, 0.2) is 0 Å². The van der Waals surface area contributed by atoms with Gasteiger partial charge in [0.05, 0.1) is 0 Å². The molecule has 4 aliphatic rings. The van der Waals surface area contributed by atoms with Crippen molar-refractivity contribution in [3.8, 4) is 0 Å². The summed E-state index contributed by atoms with van der Waals surface area (Å²) in [6, 6.07) is 0.521. The minimum Gasteiger partial charge on any atom is -0.338 e. The number of carbonyl (C=O) groups excluding carboxylic acids is 1. The third-order valence-electron chi connectivity index (χ3n) is 4.54. The van der Waals surface area contributed by atoms with Crippen LogP contribution in [0.1, 0.15) is 32.1 Å². The normalized spacial score (nSPS) is 43.1. The summed E-state index contributed by atoms with van der Waals surface area (Å²) in [6.07, 6.45) is 6.64. The van der Waals surface area contributed by atoms with Crippen LogP contribution in [-0.2, 0) is 4.79 Å². The SMILES string of the molecule is O=C(CCl)N1CC2CC3CC(C2)CC1C3. The van der Waals surface area contributed by atoms with Gasteiger partial charge in [-0.3, -0.25) is 4.79 Å². The van der Waals surface area contributed by atoms with Crippen molar-refractivity contribution in [2.24, 2.45) is 17.8 Å². The second-order valence-corrected chi connectivity index (χ2v) is 5.88. The van der Waals surface area contributed by atoms with Crippen LogP contribution in [0.25, 0.3) is 0 Å². The van der Waals surface area contributed by atoms with E-state index in [1.54, 1.807) is 0 Å². The van der Waals surface area contributed by atoms with Gasteiger partial charge in [-0.2, -0.15) is 0 Å². The molecule has 4 fully saturated rings. The Hall–Kier alpha value is -0.240. The van der Waals surface area contributed by atoms with Gasteiger partial charge in [0.15, 0.2) is 0 Å². The van der Waals surface area contributed by atoms with E-state index >= 15 is 0 Å². The fourth-order valence-electron chi connectivity index (χ4n) is 4.17. The second kappa shape index (κ2) is 3.65. The molecule has 0 N–H and O–H groups in total. The number of rotatable bonds is 1. The smallest absolute Gasteiger partial charge is 0.237 e. The molecule has 2 aliphatic carbocycles. The summed E-state index contributed by atoms with van der Waals surface area (Å²) in [5.74, 6) is 2.91. The van der Waals surface area contributed by atoms with Crippen LogP contribution in [0.5, 0.6) is 0 Å². The average Bonchev–Trinajstić information content (AvgIpc) is 2.42. The first-order valence-electron chi connectivity index (χ1n) is 6.11. The molecule has 2 nitrogen and oxygen atoms in total. The molecule has 2 unspecified atom stereocenters. The lowest BCUT2D eigenvalue weighted by atomic mass is 9.68. The molecular weight excluding hydrogens is 210 g/mol. The quantitative estimate of drug-likeness (QED) is 0.630. The molecule has 0 aromatic carbocycles. The number of halogens is 1. The van der Waals surface area contributed by atoms with Crippen molar-refractivity contribution in [2.75, 3.05) is 12.4 Å². The van der Waals surface area contributed by atoms with Gasteiger partial charge < -0.3 is 4.90 Å². The number of alkyl halides is 1. The summed E-state index contributed by atoms with van der Waals surface area (Å²) in [6.45, 7) is 0.989. The molecule has 2 saturated heterocycles. The van der Waals surface area contributed by atoms with Gasteiger partial charge in [0.25, 0.3) is 0 Å². The molecule has 2 heterocycles. The Bertz CT molecular complexity index is 267. The largest absolute Gasteiger partial charge is 0.338 e. The zero-order valence-electron chi connectivity index (χ0n) is 8.99. The van der Waals surface area contributed by atoms with Crippen LogP contribution < -0.4 is 0 Å². The van der Waals surface area contributed by atoms with E-state index in [-0.39, 0.29) is 11.8 Å². The Morgan fingerprint density at radius 1 is 1.07 bits per heavy atom. The lowest BCUT2D eigenvalue weighted by molar-refractivity contribution is -0.131. The number of fused-ring (bicyclic) bond motifs is 1. The van der Waals surface area contributed by atoms with Crippen molar-refractivity contribution < 1.29 is 4.79 Å². The lowest BCUT2D eigenvalue weighted by Gasteiger charge is -2.38. The molecule has 0 aromatic rings. The van der Waals surface area contributed by atoms with Crippen molar-refractivity contribution in [1.29, 1.82) is 0 Å². The predicted octanol–water partition coefficient (Wildman–Crippen LogP) is 2.26. The molecule has 1 amide bonds. The number of hydrogen-bond donors (Lipinski definition) is 0. The summed E-state index contributed by atoms with van der Waals surface area (Å²) in [5.41, 5.74) is 0. The van der Waals surface area contributed by atoms with E-state index in [0.717, 1.165) is 24.3 Å². The standard InChI is InChI=1S/C12H18ClNO/c13-6-12(15)14-7-10-2-8-1-9(3-10)5-11(14)4-8/h8-11H,1-7H2. The monoisotopic (exact) mass is 227 g/mol. The van der Waals surface area contributed by atoms with E-state index < -0.39 is 0 Å². The topological polar surface area (TPSA) is 20.3 Å². The average molecular weight is 228 g/mol. The van der Waals surface area contributed by atoms with E-state index in [1.165, 1.54) is 32.1 Å². The van der Waals surface area contributed by atoms with Gasteiger partial charge in [-0.1, -0.05) is 0 Å². The van der Waals surface area contributed by atoms with Crippen LogP contribution in [0, 0.1) is 17.8 Å². The highest BCUT2D eigenvalue weighted by Gasteiger charge is 2.43. The van der Waals surface area contributed by atoms with Gasteiger partial charge in [-0.25, -0.2) is 0 Å². The van der Waals surface area contributed by atoms with E-state index in [1.807, 2.05) is 0 Å². The molecule has 3 heteroatoms. The third kappa shape index (κ3) is 1.67. The maximum atomic E-state index is 11.8. The zero-order valence-corrected chi connectivity index (χ0v) is 9.75. The molecule has 2 saturated carbocycles. The van der Waals surface area contributed by atoms with E-state index in [2.05, 4.69) is 4.90 Å². The minimum atomic E-state index is 0.162. The summed E-state index contributed by atoms with van der Waals surface area (Å²) in [4.78, 5) is 13.9. The van der Waals surface area contributed by atoms with Crippen LogP contribution in [0.3, 0.4) is 0 Å². The number of hydrogen-bond acceptors (Lipinski definition) is 1. The molecule has 0 aromatic heterocycles. The van der Waals surface area contributed by atoms with Crippen molar-refractivity contribution in [3.63, 3.8) is 0 Å². The van der Waals surface area contributed by atoms with Crippen LogP contribution >= 0.6 is 11.6 Å². The summed E-state index contributed by atoms with van der Waals surface area (Å²) < 4.78 is 0. The molecule has 15 heavy (non-hydrogen) atoms. The summed E-state index contributed by atoms with van der Waals surface area (Å²) in [7, 11) is 0. The maximum Gasteiger partial charge on any atom is 0.237 e. The van der Waals surface area contributed by atoms with Gasteiger partial charge in [-0.05, 0) is 49.9 Å². The Morgan fingerprint density at radius 3 is 2.27 bits per heavy atom. The number of amides is 1. The summed E-state index contributed by atoms with van der Waals surface area (Å²) in [5, 5.41) is 0. The third-order valence-corrected chi connectivity index (χ3v) is 4.77. The highest BCUT2D eigenvalue weighted by molar-refractivity contribution is 6.27. The molecule has 2 atom stereocenters. The van der Waals surface area contributed by atoms with Gasteiger partial charge in [0.1, 0.15) is 5.88 Å². The Labute approximate surface area is 96.0 Å². The predicted molar refractivity (Wildman–Crippen MR) is 59.8 cm³/mol. The molecular formula is C12H18ClNO. The number of carbonyl (C=O) groups is 1. The summed E-state index contributed by atoms with van der Waals surface area (Å²) >= 11 is 5.69. The van der Waals surface area contributed by atoms with Gasteiger partial charge >= 0.3 is 0 Å². The molecule has 2 aliphatic heterocycles. The van der Waals surface area contributed by atoms with Crippen molar-refractivity contribution >= 4 is 17.5 Å². The maximum absolute atomic E-state index is 11.8. The van der Waals surface area contributed by atoms with Crippen LogP contribution in [-0.4, -0.2) is 29.3 Å². The fourth-order valence-corrected chi connectivity index (χ4v) is 4.32. The first-order chi connectivity index (χ1) is 7.26. The fraction of sp³-hybridized carbons (Fsp3) is 0.917. The highest BCUT2D eigenvalue weighted by atomic mass is 35.5. The van der Waals surface area contributed by atoms with Gasteiger partial charge in [-0.15, -0.1) is 11.6 Å². The molecule has 4 rings (SSSR count). The van der Waals surface area contributed by atoms with Crippen molar-refractivity contribution in [3.05, 3.63) is 0 Å². The molecule has 84 valence electrons.